The van der Waals surface area contributed by atoms with Crippen molar-refractivity contribution in [3.63, 3.8) is 0 Å². The van der Waals surface area contributed by atoms with E-state index in [0.717, 1.165) is 5.56 Å². The predicted molar refractivity (Wildman–Crippen MR) is 82.8 cm³/mol. The molecule has 1 N–H and O–H groups in total. The highest BCUT2D eigenvalue weighted by Gasteiger charge is 2.16. The smallest absolute Gasteiger partial charge is 0.289 e. The number of anilines is 1. The van der Waals surface area contributed by atoms with Crippen molar-refractivity contribution in [2.24, 2.45) is 0 Å². The second kappa shape index (κ2) is 7.06. The summed E-state index contributed by atoms with van der Waals surface area (Å²) in [7, 11) is 1.61. The highest BCUT2D eigenvalue weighted by atomic mass is 35.5. The van der Waals surface area contributed by atoms with E-state index in [1.807, 2.05) is 30.3 Å². The number of nitrogens with zero attached hydrogens (tertiary/aromatic N) is 1. The molecule has 6 heteroatoms. The van der Waals surface area contributed by atoms with E-state index in [1.54, 1.807) is 13.2 Å². The van der Waals surface area contributed by atoms with E-state index >= 15 is 0 Å². The maximum absolute atomic E-state index is 10.9. The first kappa shape index (κ1) is 15.3. The van der Waals surface area contributed by atoms with Gasteiger partial charge < -0.3 is 10.1 Å². The first-order valence-corrected chi connectivity index (χ1v) is 6.74. The van der Waals surface area contributed by atoms with Crippen LogP contribution >= 0.6 is 11.6 Å². The number of nitro benzene ring substituents is 1. The van der Waals surface area contributed by atoms with Gasteiger partial charge in [0.1, 0.15) is 5.02 Å². The quantitative estimate of drug-likeness (QED) is 0.646. The van der Waals surface area contributed by atoms with E-state index in [0.29, 0.717) is 12.3 Å². The molecule has 2 aromatic rings. The first-order chi connectivity index (χ1) is 10.1. The molecule has 110 valence electrons. The topological polar surface area (TPSA) is 64.4 Å². The van der Waals surface area contributed by atoms with Gasteiger partial charge in [-0.25, -0.2) is 0 Å². The van der Waals surface area contributed by atoms with Gasteiger partial charge in [0.2, 0.25) is 0 Å². The number of methoxy groups -OCH3 is 1. The summed E-state index contributed by atoms with van der Waals surface area (Å²) in [6.07, 6.45) is 0. The Balaban J connectivity index is 2.25. The van der Waals surface area contributed by atoms with Crippen LogP contribution in [0.15, 0.2) is 48.5 Å². The lowest BCUT2D eigenvalue weighted by atomic mass is 10.1. The molecule has 2 aromatic carbocycles. The Morgan fingerprint density at radius 3 is 2.62 bits per heavy atom. The number of rotatable bonds is 6. The number of nitro groups is 1. The number of hydrogen-bond acceptors (Lipinski definition) is 4. The van der Waals surface area contributed by atoms with Crippen LogP contribution in [0.4, 0.5) is 11.4 Å². The normalized spacial score (nSPS) is 11.9. The molecule has 0 spiro atoms. The molecular weight excluding hydrogens is 292 g/mol. The summed E-state index contributed by atoms with van der Waals surface area (Å²) in [5, 5.41) is 14.3. The molecule has 0 aromatic heterocycles. The fourth-order valence-electron chi connectivity index (χ4n) is 2.02. The molecule has 0 aliphatic rings. The van der Waals surface area contributed by atoms with Crippen LogP contribution in [-0.4, -0.2) is 18.6 Å². The molecule has 0 bridgehead atoms. The number of nitrogens with one attached hydrogen (secondary N) is 1. The Morgan fingerprint density at radius 1 is 1.29 bits per heavy atom. The van der Waals surface area contributed by atoms with Crippen molar-refractivity contribution in [3.05, 3.63) is 69.2 Å². The zero-order chi connectivity index (χ0) is 15.2. The van der Waals surface area contributed by atoms with Gasteiger partial charge in [-0.1, -0.05) is 41.9 Å². The highest BCUT2D eigenvalue weighted by molar-refractivity contribution is 6.32. The van der Waals surface area contributed by atoms with Crippen LogP contribution in [0.3, 0.4) is 0 Å². The van der Waals surface area contributed by atoms with Gasteiger partial charge in [0.15, 0.2) is 0 Å². The third kappa shape index (κ3) is 3.93. The van der Waals surface area contributed by atoms with E-state index in [1.165, 1.54) is 12.1 Å². The van der Waals surface area contributed by atoms with E-state index < -0.39 is 4.92 Å². The largest absolute Gasteiger partial charge is 0.382 e. The molecule has 0 aliphatic heterocycles. The van der Waals surface area contributed by atoms with E-state index in [9.17, 15) is 10.1 Å². The average molecular weight is 307 g/mol. The van der Waals surface area contributed by atoms with Gasteiger partial charge in [-0.3, -0.25) is 10.1 Å². The van der Waals surface area contributed by atoms with Gasteiger partial charge in [0, 0.05) is 18.9 Å². The zero-order valence-corrected chi connectivity index (χ0v) is 12.2. The molecule has 0 amide bonds. The fourth-order valence-corrected chi connectivity index (χ4v) is 2.20. The van der Waals surface area contributed by atoms with Crippen LogP contribution in [0.25, 0.3) is 0 Å². The molecule has 0 aliphatic carbocycles. The van der Waals surface area contributed by atoms with Crippen LogP contribution in [0, 0.1) is 10.1 Å². The van der Waals surface area contributed by atoms with Gasteiger partial charge in [0.05, 0.1) is 17.6 Å². The lowest BCUT2D eigenvalue weighted by Gasteiger charge is -2.19. The van der Waals surface area contributed by atoms with E-state index in [-0.39, 0.29) is 16.8 Å². The Hall–Kier alpha value is -2.11. The molecule has 21 heavy (non-hydrogen) atoms. The minimum absolute atomic E-state index is 0.100. The van der Waals surface area contributed by atoms with Crippen LogP contribution in [-0.2, 0) is 4.74 Å². The molecule has 0 saturated carbocycles. The monoisotopic (exact) mass is 306 g/mol. The van der Waals surface area contributed by atoms with Crippen molar-refractivity contribution in [2.45, 2.75) is 6.04 Å². The van der Waals surface area contributed by atoms with Crippen molar-refractivity contribution in [2.75, 3.05) is 19.0 Å². The van der Waals surface area contributed by atoms with Crippen molar-refractivity contribution < 1.29 is 9.66 Å². The minimum atomic E-state index is -0.499. The predicted octanol–water partition coefficient (Wildman–Crippen LogP) is 4.05. The van der Waals surface area contributed by atoms with Gasteiger partial charge in [-0.2, -0.15) is 0 Å². The van der Waals surface area contributed by atoms with Crippen LogP contribution in [0.1, 0.15) is 11.6 Å². The third-order valence-corrected chi connectivity index (χ3v) is 3.34. The van der Waals surface area contributed by atoms with Crippen LogP contribution in [0.5, 0.6) is 0 Å². The number of ether oxygens (including phenoxy) is 1. The lowest BCUT2D eigenvalue weighted by Crippen LogP contribution is -2.16. The fraction of sp³-hybridized carbons (Fsp3) is 0.200. The number of benzene rings is 2. The Morgan fingerprint density at radius 2 is 2.00 bits per heavy atom. The summed E-state index contributed by atoms with van der Waals surface area (Å²) >= 11 is 5.81. The van der Waals surface area contributed by atoms with E-state index in [4.69, 9.17) is 16.3 Å². The molecular formula is C15H15ClN2O3. The van der Waals surface area contributed by atoms with Crippen molar-refractivity contribution >= 4 is 23.0 Å². The van der Waals surface area contributed by atoms with Crippen molar-refractivity contribution in [3.8, 4) is 0 Å². The Labute approximate surface area is 127 Å². The molecule has 5 nitrogen and oxygen atoms in total. The lowest BCUT2D eigenvalue weighted by molar-refractivity contribution is -0.384. The second-order valence-electron chi connectivity index (χ2n) is 4.49. The summed E-state index contributed by atoms with van der Waals surface area (Å²) in [6, 6.07) is 14.3. The van der Waals surface area contributed by atoms with Gasteiger partial charge in [-0.15, -0.1) is 0 Å². The van der Waals surface area contributed by atoms with Crippen molar-refractivity contribution in [1.82, 2.24) is 0 Å². The molecule has 0 radical (unpaired) electrons. The SMILES string of the molecule is COCC(Nc1ccc(Cl)c([N+](=O)[O-])c1)c1ccccc1. The van der Waals surface area contributed by atoms with E-state index in [2.05, 4.69) is 5.32 Å². The zero-order valence-electron chi connectivity index (χ0n) is 11.5. The second-order valence-corrected chi connectivity index (χ2v) is 4.89. The Kier molecular flexibility index (Phi) is 5.14. The molecule has 2 rings (SSSR count). The highest BCUT2D eigenvalue weighted by Crippen LogP contribution is 2.29. The maximum atomic E-state index is 10.9. The van der Waals surface area contributed by atoms with Gasteiger partial charge in [0.25, 0.3) is 5.69 Å². The molecule has 1 unspecified atom stereocenters. The molecule has 0 saturated heterocycles. The summed E-state index contributed by atoms with van der Waals surface area (Å²) in [4.78, 5) is 10.4. The summed E-state index contributed by atoms with van der Waals surface area (Å²) < 4.78 is 5.21. The first-order valence-electron chi connectivity index (χ1n) is 6.36. The maximum Gasteiger partial charge on any atom is 0.289 e. The minimum Gasteiger partial charge on any atom is -0.382 e. The Bertz CT molecular complexity index is 620. The average Bonchev–Trinajstić information content (AvgIpc) is 2.49. The standard InChI is InChI=1S/C15H15ClN2O3/c1-21-10-14(11-5-3-2-4-6-11)17-12-7-8-13(16)15(9-12)18(19)20/h2-9,14,17H,10H2,1H3. The van der Waals surface area contributed by atoms with Gasteiger partial charge >= 0.3 is 0 Å². The molecule has 0 fully saturated rings. The molecule has 0 heterocycles. The number of halogens is 1. The van der Waals surface area contributed by atoms with Gasteiger partial charge in [-0.05, 0) is 17.7 Å². The summed E-state index contributed by atoms with van der Waals surface area (Å²) in [5.74, 6) is 0. The summed E-state index contributed by atoms with van der Waals surface area (Å²) in [6.45, 7) is 0.445. The summed E-state index contributed by atoms with van der Waals surface area (Å²) in [5.41, 5.74) is 1.54. The van der Waals surface area contributed by atoms with Crippen LogP contribution < -0.4 is 5.32 Å². The third-order valence-electron chi connectivity index (χ3n) is 3.02. The molecule has 1 atom stereocenters. The van der Waals surface area contributed by atoms with Crippen LogP contribution in [0.2, 0.25) is 5.02 Å². The number of hydrogen-bond donors (Lipinski definition) is 1. The van der Waals surface area contributed by atoms with Crippen molar-refractivity contribution in [1.29, 1.82) is 0 Å².